The number of thioether (sulfide) groups is 1. The lowest BCUT2D eigenvalue weighted by molar-refractivity contribution is -0.113. The number of hydrazone groups is 1. The maximum Gasteiger partial charge on any atom is 0.264 e. The molecule has 0 atom stereocenters. The van der Waals surface area contributed by atoms with E-state index in [0.29, 0.717) is 22.5 Å². The van der Waals surface area contributed by atoms with Crippen molar-refractivity contribution in [1.82, 2.24) is 14.9 Å². The fourth-order valence-electron chi connectivity index (χ4n) is 2.48. The van der Waals surface area contributed by atoms with Crippen LogP contribution in [0.4, 0.5) is 11.6 Å². The van der Waals surface area contributed by atoms with Gasteiger partial charge in [-0.05, 0) is 61.4 Å². The number of nitrogens with two attached hydrogens (primary N) is 1. The van der Waals surface area contributed by atoms with Gasteiger partial charge in [0.25, 0.3) is 5.95 Å². The summed E-state index contributed by atoms with van der Waals surface area (Å²) in [7, 11) is 0. The molecule has 1 amide bonds. The highest BCUT2D eigenvalue weighted by atomic mass is 35.5. The molecule has 1 aromatic heterocycles. The first kappa shape index (κ1) is 22.4. The van der Waals surface area contributed by atoms with Gasteiger partial charge < -0.3 is 15.9 Å². The maximum absolute atomic E-state index is 12.2. The van der Waals surface area contributed by atoms with Crippen molar-refractivity contribution in [2.24, 2.45) is 5.10 Å². The van der Waals surface area contributed by atoms with E-state index in [9.17, 15) is 4.79 Å². The van der Waals surface area contributed by atoms with E-state index in [-0.39, 0.29) is 17.6 Å². The van der Waals surface area contributed by atoms with Gasteiger partial charge in [0.2, 0.25) is 11.1 Å². The average Bonchev–Trinajstić information content (AvgIpc) is 3.10. The quantitative estimate of drug-likeness (QED) is 0.194. The van der Waals surface area contributed by atoms with Gasteiger partial charge in [-0.15, -0.1) is 10.2 Å². The number of hydrogen-bond donors (Lipinski definition) is 3. The van der Waals surface area contributed by atoms with Crippen LogP contribution in [0, 0.1) is 6.92 Å². The van der Waals surface area contributed by atoms with Gasteiger partial charge >= 0.3 is 0 Å². The van der Waals surface area contributed by atoms with E-state index in [1.807, 2.05) is 44.2 Å². The number of aryl methyl sites for hydroxylation is 1. The van der Waals surface area contributed by atoms with Crippen LogP contribution in [0.2, 0.25) is 5.02 Å². The number of nitrogens with zero attached hydrogens (tertiary/aromatic N) is 4. The summed E-state index contributed by atoms with van der Waals surface area (Å²) in [5.41, 5.74) is 5.20. The number of nitrogen functional groups attached to an aromatic ring is 1. The van der Waals surface area contributed by atoms with E-state index in [1.54, 1.807) is 18.3 Å². The molecule has 0 bridgehead atoms. The number of nitrogens with one attached hydrogen (secondary N) is 2. The molecule has 11 heteroatoms. The number of carbonyl (C=O) groups is 1. The molecule has 0 spiro atoms. The van der Waals surface area contributed by atoms with Crippen LogP contribution in [-0.4, -0.2) is 39.4 Å². The van der Waals surface area contributed by atoms with E-state index in [4.69, 9.17) is 22.2 Å². The minimum Gasteiger partial charge on any atom is -0.494 e. The molecule has 0 radical (unpaired) electrons. The van der Waals surface area contributed by atoms with Crippen molar-refractivity contribution < 1.29 is 9.53 Å². The Balaban J connectivity index is 1.52. The fourth-order valence-corrected chi connectivity index (χ4v) is 3.31. The Labute approximate surface area is 189 Å². The largest absolute Gasteiger partial charge is 0.494 e. The van der Waals surface area contributed by atoms with Crippen molar-refractivity contribution >= 4 is 47.1 Å². The standard InChI is InChI=1S/C20H22ClN7O2S/c1-3-30-16-8-5-14(6-9-16)11-23-25-19-26-27-20(28(19)22)31-12-18(29)24-17-10-15(21)7-4-13(17)2/h4-11H,3,12,22H2,1-2H3,(H,24,29)(H,25,26)/b23-11+. The molecule has 0 aliphatic rings. The Morgan fingerprint density at radius 2 is 2.06 bits per heavy atom. The van der Waals surface area contributed by atoms with Crippen molar-refractivity contribution in [2.75, 3.05) is 28.9 Å². The number of anilines is 2. The first-order valence-corrected chi connectivity index (χ1v) is 10.7. The van der Waals surface area contributed by atoms with Gasteiger partial charge in [0.1, 0.15) is 5.75 Å². The number of rotatable bonds is 9. The molecule has 1 heterocycles. The predicted octanol–water partition coefficient (Wildman–Crippen LogP) is 3.53. The molecule has 0 fully saturated rings. The summed E-state index contributed by atoms with van der Waals surface area (Å²) in [6.45, 7) is 4.44. The van der Waals surface area contributed by atoms with Crippen LogP contribution in [0.5, 0.6) is 5.75 Å². The van der Waals surface area contributed by atoms with Crippen molar-refractivity contribution in [3.63, 3.8) is 0 Å². The number of benzene rings is 2. The molecule has 0 unspecified atom stereocenters. The lowest BCUT2D eigenvalue weighted by atomic mass is 10.2. The van der Waals surface area contributed by atoms with Crippen LogP contribution in [0.3, 0.4) is 0 Å². The van der Waals surface area contributed by atoms with Crippen molar-refractivity contribution in [3.8, 4) is 5.75 Å². The van der Waals surface area contributed by atoms with E-state index >= 15 is 0 Å². The van der Waals surface area contributed by atoms with E-state index in [1.165, 1.54) is 4.68 Å². The SMILES string of the molecule is CCOc1ccc(/C=N/Nc2nnc(SCC(=O)Nc3cc(Cl)ccc3C)n2N)cc1. The zero-order chi connectivity index (χ0) is 22.2. The van der Waals surface area contributed by atoms with Crippen LogP contribution in [0.1, 0.15) is 18.1 Å². The molecule has 3 rings (SSSR count). The monoisotopic (exact) mass is 459 g/mol. The second kappa shape index (κ2) is 10.7. The third-order valence-corrected chi connectivity index (χ3v) is 5.22. The summed E-state index contributed by atoms with van der Waals surface area (Å²) in [4.78, 5) is 12.2. The Morgan fingerprint density at radius 1 is 1.29 bits per heavy atom. The second-order valence-electron chi connectivity index (χ2n) is 6.34. The minimum atomic E-state index is -0.207. The maximum atomic E-state index is 12.2. The molecule has 0 aliphatic heterocycles. The molecule has 162 valence electrons. The molecule has 3 aromatic rings. The second-order valence-corrected chi connectivity index (χ2v) is 7.72. The molecular formula is C20H22ClN7O2S. The number of amides is 1. The summed E-state index contributed by atoms with van der Waals surface area (Å²) >= 11 is 7.13. The first-order valence-electron chi connectivity index (χ1n) is 9.37. The number of halogens is 1. The summed E-state index contributed by atoms with van der Waals surface area (Å²) < 4.78 is 6.64. The predicted molar refractivity (Wildman–Crippen MR) is 125 cm³/mol. The highest BCUT2D eigenvalue weighted by Gasteiger charge is 2.12. The number of aromatic nitrogens is 3. The Bertz CT molecular complexity index is 1070. The Morgan fingerprint density at radius 3 is 2.81 bits per heavy atom. The Hall–Kier alpha value is -3.24. The third-order valence-electron chi connectivity index (χ3n) is 4.04. The lowest BCUT2D eigenvalue weighted by Gasteiger charge is -2.08. The van der Waals surface area contributed by atoms with Gasteiger partial charge in [0.05, 0.1) is 18.6 Å². The molecule has 4 N–H and O–H groups in total. The number of ether oxygens (including phenoxy) is 1. The molecule has 9 nitrogen and oxygen atoms in total. The highest BCUT2D eigenvalue weighted by Crippen LogP contribution is 2.21. The minimum absolute atomic E-state index is 0.108. The lowest BCUT2D eigenvalue weighted by Crippen LogP contribution is -2.17. The van der Waals surface area contributed by atoms with Gasteiger partial charge in [-0.25, -0.2) is 10.1 Å². The normalized spacial score (nSPS) is 10.9. The number of carbonyl (C=O) groups excluding carboxylic acids is 1. The molecule has 0 saturated heterocycles. The highest BCUT2D eigenvalue weighted by molar-refractivity contribution is 7.99. The zero-order valence-electron chi connectivity index (χ0n) is 17.0. The summed E-state index contributed by atoms with van der Waals surface area (Å²) in [5, 5.41) is 15.8. The van der Waals surface area contributed by atoms with Gasteiger partial charge in [0.15, 0.2) is 0 Å². The molecular weight excluding hydrogens is 438 g/mol. The molecule has 0 saturated carbocycles. The average molecular weight is 460 g/mol. The van der Waals surface area contributed by atoms with Crippen LogP contribution < -0.4 is 21.3 Å². The summed E-state index contributed by atoms with van der Waals surface area (Å²) in [6.07, 6.45) is 1.62. The number of hydrogen-bond acceptors (Lipinski definition) is 8. The topological polar surface area (TPSA) is 119 Å². The molecule has 31 heavy (non-hydrogen) atoms. The van der Waals surface area contributed by atoms with Crippen molar-refractivity contribution in [3.05, 3.63) is 58.6 Å². The Kier molecular flexibility index (Phi) is 7.74. The zero-order valence-corrected chi connectivity index (χ0v) is 18.6. The van der Waals surface area contributed by atoms with Crippen LogP contribution in [0.25, 0.3) is 0 Å². The summed E-state index contributed by atoms with van der Waals surface area (Å²) in [6, 6.07) is 12.8. The van der Waals surface area contributed by atoms with E-state index in [0.717, 1.165) is 28.6 Å². The van der Waals surface area contributed by atoms with Gasteiger partial charge in [-0.3, -0.25) is 4.79 Å². The third kappa shape index (κ3) is 6.37. The van der Waals surface area contributed by atoms with Gasteiger partial charge in [-0.2, -0.15) is 5.10 Å². The first-order chi connectivity index (χ1) is 15.0. The van der Waals surface area contributed by atoms with E-state index < -0.39 is 0 Å². The van der Waals surface area contributed by atoms with Gasteiger partial charge in [0, 0.05) is 10.7 Å². The van der Waals surface area contributed by atoms with Crippen molar-refractivity contribution in [1.29, 1.82) is 0 Å². The van der Waals surface area contributed by atoms with Crippen LogP contribution in [0.15, 0.2) is 52.7 Å². The fraction of sp³-hybridized carbons (Fsp3) is 0.200. The molecule has 0 aliphatic carbocycles. The van der Waals surface area contributed by atoms with Crippen LogP contribution >= 0.6 is 23.4 Å². The van der Waals surface area contributed by atoms with E-state index in [2.05, 4.69) is 26.0 Å². The smallest absolute Gasteiger partial charge is 0.264 e. The van der Waals surface area contributed by atoms with Crippen LogP contribution in [-0.2, 0) is 4.79 Å². The van der Waals surface area contributed by atoms with Gasteiger partial charge in [-0.1, -0.05) is 29.4 Å². The molecule has 2 aromatic carbocycles. The van der Waals surface area contributed by atoms with Crippen molar-refractivity contribution in [2.45, 2.75) is 19.0 Å². The summed E-state index contributed by atoms with van der Waals surface area (Å²) in [5.74, 6) is 6.93.